The summed E-state index contributed by atoms with van der Waals surface area (Å²) in [7, 11) is 0. The molecule has 0 aliphatic carbocycles. The van der Waals surface area contributed by atoms with Crippen molar-refractivity contribution in [3.05, 3.63) is 0 Å². The van der Waals surface area contributed by atoms with Crippen LogP contribution in [-0.2, 0) is 19.1 Å². The molecule has 1 atom stereocenters. The van der Waals surface area contributed by atoms with Gasteiger partial charge in [-0.05, 0) is 38.5 Å². The van der Waals surface area contributed by atoms with E-state index in [0.29, 0.717) is 38.2 Å². The van der Waals surface area contributed by atoms with E-state index in [4.69, 9.17) is 9.47 Å². The number of unbranched alkanes of at least 4 members (excludes halogenated alkanes) is 3. The first kappa shape index (κ1) is 19.9. The predicted molar refractivity (Wildman–Crippen MR) is 84.0 cm³/mol. The van der Waals surface area contributed by atoms with E-state index in [9.17, 15) is 9.59 Å². The standard InChI is InChI=1S/C17H32O4/c1-5-6-7-10-15(4)21-17(19)12-9-8-11-16(18)20-13-14(2)3/h14-15H,5-13H2,1-4H3. The molecular formula is C17H32O4. The van der Waals surface area contributed by atoms with Gasteiger partial charge in [0.25, 0.3) is 0 Å². The molecule has 0 radical (unpaired) electrons. The normalized spacial score (nSPS) is 12.2. The predicted octanol–water partition coefficient (Wildman–Crippen LogP) is 4.26. The number of rotatable bonds is 12. The Kier molecular flexibility index (Phi) is 12.0. The summed E-state index contributed by atoms with van der Waals surface area (Å²) in [6.45, 7) is 8.58. The average Bonchev–Trinajstić information content (AvgIpc) is 2.41. The van der Waals surface area contributed by atoms with Crippen LogP contribution in [0.15, 0.2) is 0 Å². The fourth-order valence-corrected chi connectivity index (χ4v) is 1.89. The van der Waals surface area contributed by atoms with E-state index in [0.717, 1.165) is 12.8 Å². The molecule has 0 saturated carbocycles. The second-order valence-corrected chi connectivity index (χ2v) is 6.08. The van der Waals surface area contributed by atoms with Crippen molar-refractivity contribution in [3.63, 3.8) is 0 Å². The lowest BCUT2D eigenvalue weighted by atomic mass is 10.1. The Morgan fingerprint density at radius 3 is 2.10 bits per heavy atom. The number of esters is 2. The second-order valence-electron chi connectivity index (χ2n) is 6.08. The van der Waals surface area contributed by atoms with Crippen molar-refractivity contribution in [1.82, 2.24) is 0 Å². The van der Waals surface area contributed by atoms with Gasteiger partial charge < -0.3 is 9.47 Å². The Balaban J connectivity index is 3.54. The van der Waals surface area contributed by atoms with E-state index in [1.807, 2.05) is 20.8 Å². The number of hydrogen-bond donors (Lipinski definition) is 0. The third-order valence-corrected chi connectivity index (χ3v) is 3.14. The van der Waals surface area contributed by atoms with Crippen LogP contribution in [0.5, 0.6) is 0 Å². The van der Waals surface area contributed by atoms with Gasteiger partial charge in [-0.25, -0.2) is 0 Å². The van der Waals surface area contributed by atoms with Crippen LogP contribution >= 0.6 is 0 Å². The van der Waals surface area contributed by atoms with Gasteiger partial charge in [0.15, 0.2) is 0 Å². The molecule has 0 aliphatic rings. The van der Waals surface area contributed by atoms with Gasteiger partial charge in [-0.3, -0.25) is 9.59 Å². The van der Waals surface area contributed by atoms with E-state index >= 15 is 0 Å². The lowest BCUT2D eigenvalue weighted by molar-refractivity contribution is -0.149. The first-order valence-corrected chi connectivity index (χ1v) is 8.30. The Bertz CT molecular complexity index is 287. The van der Waals surface area contributed by atoms with Gasteiger partial charge in [0.2, 0.25) is 0 Å². The Morgan fingerprint density at radius 1 is 0.905 bits per heavy atom. The van der Waals surface area contributed by atoms with Gasteiger partial charge in [0.1, 0.15) is 0 Å². The molecule has 0 rings (SSSR count). The molecule has 0 aromatic carbocycles. The quantitative estimate of drug-likeness (QED) is 0.399. The molecular weight excluding hydrogens is 268 g/mol. The fraction of sp³-hybridized carbons (Fsp3) is 0.882. The molecule has 0 fully saturated rings. The lowest BCUT2D eigenvalue weighted by Crippen LogP contribution is -2.15. The Hall–Kier alpha value is -1.06. The Morgan fingerprint density at radius 2 is 1.52 bits per heavy atom. The van der Waals surface area contributed by atoms with Crippen LogP contribution in [0, 0.1) is 5.92 Å². The summed E-state index contributed by atoms with van der Waals surface area (Å²) < 4.78 is 10.4. The molecule has 1 unspecified atom stereocenters. The molecule has 0 amide bonds. The van der Waals surface area contributed by atoms with Crippen LogP contribution in [0.2, 0.25) is 0 Å². The SMILES string of the molecule is CCCCCC(C)OC(=O)CCCCC(=O)OCC(C)C. The van der Waals surface area contributed by atoms with Crippen molar-refractivity contribution in [1.29, 1.82) is 0 Å². The van der Waals surface area contributed by atoms with E-state index in [1.165, 1.54) is 12.8 Å². The highest BCUT2D eigenvalue weighted by Gasteiger charge is 2.10. The van der Waals surface area contributed by atoms with Crippen molar-refractivity contribution in [2.75, 3.05) is 6.61 Å². The van der Waals surface area contributed by atoms with Crippen molar-refractivity contribution < 1.29 is 19.1 Å². The first-order chi connectivity index (χ1) is 9.95. The zero-order valence-electron chi connectivity index (χ0n) is 14.2. The summed E-state index contributed by atoms with van der Waals surface area (Å²) in [5, 5.41) is 0. The summed E-state index contributed by atoms with van der Waals surface area (Å²) in [6, 6.07) is 0. The molecule has 0 aromatic rings. The monoisotopic (exact) mass is 300 g/mol. The number of carbonyl (C=O) groups is 2. The van der Waals surface area contributed by atoms with Gasteiger partial charge in [0.05, 0.1) is 12.7 Å². The molecule has 0 saturated heterocycles. The number of ether oxygens (including phenoxy) is 2. The molecule has 0 bridgehead atoms. The maximum Gasteiger partial charge on any atom is 0.306 e. The largest absolute Gasteiger partial charge is 0.465 e. The van der Waals surface area contributed by atoms with E-state index < -0.39 is 0 Å². The second kappa shape index (κ2) is 12.7. The van der Waals surface area contributed by atoms with Crippen LogP contribution in [0.4, 0.5) is 0 Å². The van der Waals surface area contributed by atoms with Gasteiger partial charge in [-0.15, -0.1) is 0 Å². The van der Waals surface area contributed by atoms with Crippen molar-refractivity contribution >= 4 is 11.9 Å². The van der Waals surface area contributed by atoms with Crippen molar-refractivity contribution in [2.24, 2.45) is 5.92 Å². The van der Waals surface area contributed by atoms with E-state index in [-0.39, 0.29) is 18.0 Å². The molecule has 0 spiro atoms. The average molecular weight is 300 g/mol. The van der Waals surface area contributed by atoms with Gasteiger partial charge in [-0.2, -0.15) is 0 Å². The van der Waals surface area contributed by atoms with Gasteiger partial charge >= 0.3 is 11.9 Å². The van der Waals surface area contributed by atoms with Gasteiger partial charge in [-0.1, -0.05) is 33.6 Å². The molecule has 4 heteroatoms. The molecule has 124 valence electrons. The zero-order chi connectivity index (χ0) is 16.1. The smallest absolute Gasteiger partial charge is 0.306 e. The number of carbonyl (C=O) groups excluding carboxylic acids is 2. The van der Waals surface area contributed by atoms with E-state index in [2.05, 4.69) is 6.92 Å². The molecule has 0 aromatic heterocycles. The van der Waals surface area contributed by atoms with Crippen molar-refractivity contribution in [3.8, 4) is 0 Å². The maximum absolute atomic E-state index is 11.6. The zero-order valence-corrected chi connectivity index (χ0v) is 14.2. The van der Waals surface area contributed by atoms with Crippen LogP contribution in [0.1, 0.15) is 79.1 Å². The molecule has 21 heavy (non-hydrogen) atoms. The molecule has 0 N–H and O–H groups in total. The summed E-state index contributed by atoms with van der Waals surface area (Å²) in [5.74, 6) is 0.0256. The van der Waals surface area contributed by atoms with Crippen LogP contribution < -0.4 is 0 Å². The summed E-state index contributed by atoms with van der Waals surface area (Å²) >= 11 is 0. The van der Waals surface area contributed by atoms with Crippen molar-refractivity contribution in [2.45, 2.75) is 85.2 Å². The minimum atomic E-state index is -0.176. The van der Waals surface area contributed by atoms with Crippen LogP contribution in [0.25, 0.3) is 0 Å². The molecule has 0 aliphatic heterocycles. The molecule has 0 heterocycles. The Labute approximate surface area is 129 Å². The van der Waals surface area contributed by atoms with Crippen LogP contribution in [0.3, 0.4) is 0 Å². The highest BCUT2D eigenvalue weighted by atomic mass is 16.5. The third-order valence-electron chi connectivity index (χ3n) is 3.14. The minimum Gasteiger partial charge on any atom is -0.465 e. The fourth-order valence-electron chi connectivity index (χ4n) is 1.89. The summed E-state index contributed by atoms with van der Waals surface area (Å²) in [5.41, 5.74) is 0. The lowest BCUT2D eigenvalue weighted by Gasteiger charge is -2.12. The summed E-state index contributed by atoms with van der Waals surface area (Å²) in [6.07, 6.45) is 6.51. The summed E-state index contributed by atoms with van der Waals surface area (Å²) in [4.78, 5) is 23.0. The van der Waals surface area contributed by atoms with E-state index in [1.54, 1.807) is 0 Å². The van der Waals surface area contributed by atoms with Gasteiger partial charge in [0, 0.05) is 12.8 Å². The first-order valence-electron chi connectivity index (χ1n) is 8.30. The highest BCUT2D eigenvalue weighted by Crippen LogP contribution is 2.09. The molecule has 4 nitrogen and oxygen atoms in total. The third kappa shape index (κ3) is 13.7. The number of hydrogen-bond acceptors (Lipinski definition) is 4. The minimum absolute atomic E-state index is 0.0000529. The highest BCUT2D eigenvalue weighted by molar-refractivity contribution is 5.70. The topological polar surface area (TPSA) is 52.6 Å². The maximum atomic E-state index is 11.6. The van der Waals surface area contributed by atoms with Crippen LogP contribution in [-0.4, -0.2) is 24.6 Å².